The van der Waals surface area contributed by atoms with E-state index < -0.39 is 10.0 Å². The van der Waals surface area contributed by atoms with Crippen LogP contribution in [0.1, 0.15) is 46.1 Å². The Morgan fingerprint density at radius 2 is 1.95 bits per heavy atom. The van der Waals surface area contributed by atoms with Crippen molar-refractivity contribution in [1.29, 1.82) is 0 Å². The zero-order valence-corrected chi connectivity index (χ0v) is 14.4. The van der Waals surface area contributed by atoms with E-state index in [0.717, 1.165) is 18.4 Å². The predicted molar refractivity (Wildman–Crippen MR) is 85.6 cm³/mol. The van der Waals surface area contributed by atoms with E-state index in [1.165, 1.54) is 11.3 Å². The SMILES string of the molecule is CC(C)CCCNS(=O)(=O)c1cc(CNC(C)C)cs1. The van der Waals surface area contributed by atoms with E-state index >= 15 is 0 Å². The molecule has 0 aliphatic rings. The third-order valence-electron chi connectivity index (χ3n) is 2.86. The molecule has 1 rings (SSSR count). The maximum atomic E-state index is 12.1. The van der Waals surface area contributed by atoms with Crippen molar-refractivity contribution in [2.75, 3.05) is 6.54 Å². The highest BCUT2D eigenvalue weighted by Gasteiger charge is 2.16. The highest BCUT2D eigenvalue weighted by atomic mass is 32.2. The normalized spacial score (nSPS) is 12.5. The first kappa shape index (κ1) is 17.6. The quantitative estimate of drug-likeness (QED) is 0.688. The second-order valence-corrected chi connectivity index (χ2v) is 8.65. The first-order valence-electron chi connectivity index (χ1n) is 7.11. The molecule has 0 aliphatic heterocycles. The Morgan fingerprint density at radius 1 is 1.25 bits per heavy atom. The van der Waals surface area contributed by atoms with Crippen molar-refractivity contribution in [3.8, 4) is 0 Å². The van der Waals surface area contributed by atoms with Gasteiger partial charge < -0.3 is 5.32 Å². The first-order chi connectivity index (χ1) is 9.31. The number of rotatable bonds is 9. The molecule has 0 aromatic carbocycles. The fraction of sp³-hybridized carbons (Fsp3) is 0.714. The number of thiophene rings is 1. The van der Waals surface area contributed by atoms with Gasteiger partial charge in [0.25, 0.3) is 0 Å². The van der Waals surface area contributed by atoms with Crippen LogP contribution in [-0.4, -0.2) is 21.0 Å². The van der Waals surface area contributed by atoms with Crippen molar-refractivity contribution in [2.24, 2.45) is 5.92 Å². The number of hydrogen-bond donors (Lipinski definition) is 2. The van der Waals surface area contributed by atoms with Gasteiger partial charge in [-0.1, -0.05) is 27.7 Å². The highest BCUT2D eigenvalue weighted by Crippen LogP contribution is 2.20. The van der Waals surface area contributed by atoms with Gasteiger partial charge in [0.05, 0.1) is 0 Å². The minimum Gasteiger partial charge on any atom is -0.310 e. The molecule has 0 bridgehead atoms. The lowest BCUT2D eigenvalue weighted by atomic mass is 10.1. The van der Waals surface area contributed by atoms with Gasteiger partial charge in [-0.25, -0.2) is 13.1 Å². The topological polar surface area (TPSA) is 58.2 Å². The highest BCUT2D eigenvalue weighted by molar-refractivity contribution is 7.91. The number of nitrogens with one attached hydrogen (secondary N) is 2. The number of hydrogen-bond acceptors (Lipinski definition) is 4. The summed E-state index contributed by atoms with van der Waals surface area (Å²) in [6.45, 7) is 9.64. The van der Waals surface area contributed by atoms with Gasteiger partial charge in [0.15, 0.2) is 0 Å². The number of sulfonamides is 1. The molecule has 1 aromatic rings. The molecule has 0 fully saturated rings. The molecule has 0 unspecified atom stereocenters. The van der Waals surface area contributed by atoms with Crippen LogP contribution in [0, 0.1) is 5.92 Å². The third-order valence-corrected chi connectivity index (χ3v) is 5.81. The molecule has 0 radical (unpaired) electrons. The molecule has 0 saturated heterocycles. The Labute approximate surface area is 127 Å². The fourth-order valence-corrected chi connectivity index (χ4v) is 4.02. The lowest BCUT2D eigenvalue weighted by molar-refractivity contribution is 0.540. The minimum atomic E-state index is -3.34. The molecular formula is C14H26N2O2S2. The van der Waals surface area contributed by atoms with Crippen LogP contribution < -0.4 is 10.0 Å². The molecule has 2 N–H and O–H groups in total. The van der Waals surface area contributed by atoms with Crippen LogP contribution in [0.5, 0.6) is 0 Å². The van der Waals surface area contributed by atoms with Crippen LogP contribution in [0.25, 0.3) is 0 Å². The smallest absolute Gasteiger partial charge is 0.250 e. The summed E-state index contributed by atoms with van der Waals surface area (Å²) in [4.78, 5) is 0. The van der Waals surface area contributed by atoms with Crippen LogP contribution in [0.4, 0.5) is 0 Å². The van der Waals surface area contributed by atoms with Gasteiger partial charge in [0.1, 0.15) is 4.21 Å². The van der Waals surface area contributed by atoms with Gasteiger partial charge >= 0.3 is 0 Å². The van der Waals surface area contributed by atoms with Crippen LogP contribution >= 0.6 is 11.3 Å². The van der Waals surface area contributed by atoms with Crippen LogP contribution in [-0.2, 0) is 16.6 Å². The van der Waals surface area contributed by atoms with E-state index in [2.05, 4.69) is 37.7 Å². The lowest BCUT2D eigenvalue weighted by Crippen LogP contribution is -2.24. The average Bonchev–Trinajstić information content (AvgIpc) is 2.81. The Kier molecular flexibility index (Phi) is 7.15. The molecule has 1 heterocycles. The molecule has 6 heteroatoms. The van der Waals surface area contributed by atoms with Crippen molar-refractivity contribution >= 4 is 21.4 Å². The van der Waals surface area contributed by atoms with Gasteiger partial charge in [-0.2, -0.15) is 0 Å². The average molecular weight is 319 g/mol. The molecule has 0 aliphatic carbocycles. The van der Waals surface area contributed by atoms with E-state index in [1.807, 2.05) is 5.38 Å². The largest absolute Gasteiger partial charge is 0.310 e. The summed E-state index contributed by atoms with van der Waals surface area (Å²) in [5, 5.41) is 5.18. The van der Waals surface area contributed by atoms with Gasteiger partial charge in [0.2, 0.25) is 10.0 Å². The standard InChI is InChI=1S/C14H26N2O2S2/c1-11(2)6-5-7-16-20(17,18)14-8-13(10-19-14)9-15-12(3)4/h8,10-12,15-16H,5-7,9H2,1-4H3. The van der Waals surface area contributed by atoms with Gasteiger partial charge in [-0.3, -0.25) is 0 Å². The third kappa shape index (κ3) is 6.35. The summed E-state index contributed by atoms with van der Waals surface area (Å²) < 4.78 is 27.3. The van der Waals surface area contributed by atoms with Gasteiger partial charge in [-0.15, -0.1) is 11.3 Å². The lowest BCUT2D eigenvalue weighted by Gasteiger charge is -2.07. The van der Waals surface area contributed by atoms with E-state index in [9.17, 15) is 8.42 Å². The Bertz CT molecular complexity index is 493. The maximum Gasteiger partial charge on any atom is 0.250 e. The van der Waals surface area contributed by atoms with E-state index in [-0.39, 0.29) is 0 Å². The van der Waals surface area contributed by atoms with E-state index in [0.29, 0.717) is 29.3 Å². The Balaban J connectivity index is 2.51. The maximum absolute atomic E-state index is 12.1. The van der Waals surface area contributed by atoms with Crippen molar-refractivity contribution in [3.63, 3.8) is 0 Å². The van der Waals surface area contributed by atoms with Crippen LogP contribution in [0.2, 0.25) is 0 Å². The zero-order valence-electron chi connectivity index (χ0n) is 12.8. The summed E-state index contributed by atoms with van der Waals surface area (Å²) >= 11 is 1.28. The first-order valence-corrected chi connectivity index (χ1v) is 9.48. The Morgan fingerprint density at radius 3 is 2.55 bits per heavy atom. The molecule has 116 valence electrons. The van der Waals surface area contributed by atoms with Crippen molar-refractivity contribution in [3.05, 3.63) is 17.0 Å². The van der Waals surface area contributed by atoms with Crippen molar-refractivity contribution < 1.29 is 8.42 Å². The molecule has 0 atom stereocenters. The molecule has 0 amide bonds. The summed E-state index contributed by atoms with van der Waals surface area (Å²) in [5.41, 5.74) is 1.02. The van der Waals surface area contributed by atoms with Crippen molar-refractivity contribution in [2.45, 2.75) is 57.3 Å². The molecule has 1 aromatic heterocycles. The molecule has 4 nitrogen and oxygen atoms in total. The molecule has 0 spiro atoms. The van der Waals surface area contributed by atoms with Crippen LogP contribution in [0.15, 0.2) is 15.7 Å². The van der Waals surface area contributed by atoms with Gasteiger partial charge in [0, 0.05) is 19.1 Å². The fourth-order valence-electron chi connectivity index (χ4n) is 1.70. The second-order valence-electron chi connectivity index (χ2n) is 5.74. The Hall–Kier alpha value is -0.430. The molecular weight excluding hydrogens is 292 g/mol. The van der Waals surface area contributed by atoms with Crippen LogP contribution in [0.3, 0.4) is 0 Å². The van der Waals surface area contributed by atoms with Gasteiger partial charge in [-0.05, 0) is 35.8 Å². The summed E-state index contributed by atoms with van der Waals surface area (Å²) in [6.07, 6.45) is 1.92. The summed E-state index contributed by atoms with van der Waals surface area (Å²) in [7, 11) is -3.34. The second kappa shape index (κ2) is 8.12. The summed E-state index contributed by atoms with van der Waals surface area (Å²) in [6, 6.07) is 2.15. The summed E-state index contributed by atoms with van der Waals surface area (Å²) in [5.74, 6) is 0.606. The predicted octanol–water partition coefficient (Wildman–Crippen LogP) is 2.96. The zero-order chi connectivity index (χ0) is 15.2. The monoisotopic (exact) mass is 318 g/mol. The minimum absolute atomic E-state index is 0.393. The van der Waals surface area contributed by atoms with E-state index in [4.69, 9.17) is 0 Å². The van der Waals surface area contributed by atoms with E-state index in [1.54, 1.807) is 6.07 Å². The van der Waals surface area contributed by atoms with Crippen molar-refractivity contribution in [1.82, 2.24) is 10.0 Å². The molecule has 20 heavy (non-hydrogen) atoms. The molecule has 0 saturated carbocycles.